The van der Waals surface area contributed by atoms with Gasteiger partial charge in [-0.2, -0.15) is 0 Å². The molecule has 0 atom stereocenters. The van der Waals surface area contributed by atoms with Gasteiger partial charge in [0.1, 0.15) is 11.2 Å². The number of furan rings is 1. The van der Waals surface area contributed by atoms with Gasteiger partial charge >= 0.3 is 0 Å². The van der Waals surface area contributed by atoms with Crippen LogP contribution in [0.1, 0.15) is 0 Å². The molecule has 0 spiro atoms. The number of para-hydroxylation sites is 1. The third-order valence-electron chi connectivity index (χ3n) is 9.66. The molecule has 0 saturated heterocycles. The minimum atomic E-state index is 0.908. The molecule has 10 aromatic rings. The highest BCUT2D eigenvalue weighted by molar-refractivity contribution is 7.26. The molecule has 10 rings (SSSR count). The maximum absolute atomic E-state index is 6.23. The summed E-state index contributed by atoms with van der Waals surface area (Å²) in [5, 5.41) is 7.35. The van der Waals surface area contributed by atoms with E-state index in [1.165, 1.54) is 47.8 Å². The number of anilines is 3. The average molecular weight is 644 g/mol. The van der Waals surface area contributed by atoms with Crippen molar-refractivity contribution in [1.29, 1.82) is 0 Å². The SMILES string of the molecule is c1cc(-c2cccc3ccccc23)cc(N(c2ccc(-c3ccc4c(c3)oc3ccccc34)cc2)c2cccc3sc4ccccc4c23)c1. The molecule has 0 aliphatic carbocycles. The molecule has 8 aromatic carbocycles. The number of benzene rings is 8. The zero-order chi connectivity index (χ0) is 32.3. The Balaban J connectivity index is 1.14. The quantitative estimate of drug-likeness (QED) is 0.186. The van der Waals surface area contributed by atoms with E-state index in [0.29, 0.717) is 0 Å². The van der Waals surface area contributed by atoms with Gasteiger partial charge in [-0.3, -0.25) is 0 Å². The minimum absolute atomic E-state index is 0.908. The maximum Gasteiger partial charge on any atom is 0.136 e. The van der Waals surface area contributed by atoms with Crippen LogP contribution in [0.5, 0.6) is 0 Å². The summed E-state index contributed by atoms with van der Waals surface area (Å²) in [6.07, 6.45) is 0. The number of hydrogen-bond acceptors (Lipinski definition) is 3. The summed E-state index contributed by atoms with van der Waals surface area (Å²) < 4.78 is 8.81. The van der Waals surface area contributed by atoms with Crippen LogP contribution in [0.2, 0.25) is 0 Å². The van der Waals surface area contributed by atoms with Gasteiger partial charge in [0.25, 0.3) is 0 Å². The molecule has 0 N–H and O–H groups in total. The fraction of sp³-hybridized carbons (Fsp3) is 0. The third kappa shape index (κ3) is 4.62. The Hall–Kier alpha value is -6.16. The maximum atomic E-state index is 6.23. The van der Waals surface area contributed by atoms with Gasteiger partial charge in [0.15, 0.2) is 0 Å². The fourth-order valence-electron chi connectivity index (χ4n) is 7.37. The van der Waals surface area contributed by atoms with Crippen molar-refractivity contribution in [2.24, 2.45) is 0 Å². The Morgan fingerprint density at radius 3 is 2.02 bits per heavy atom. The van der Waals surface area contributed by atoms with Gasteiger partial charge in [0.05, 0.1) is 5.69 Å². The molecular weight excluding hydrogens is 615 g/mol. The molecule has 230 valence electrons. The third-order valence-corrected chi connectivity index (χ3v) is 10.8. The van der Waals surface area contributed by atoms with Crippen LogP contribution < -0.4 is 4.90 Å². The number of nitrogens with zero attached hydrogens (tertiary/aromatic N) is 1. The van der Waals surface area contributed by atoms with Crippen molar-refractivity contribution >= 4 is 81.3 Å². The fourth-order valence-corrected chi connectivity index (χ4v) is 8.49. The van der Waals surface area contributed by atoms with E-state index in [1.54, 1.807) is 0 Å². The van der Waals surface area contributed by atoms with E-state index in [1.807, 2.05) is 23.5 Å². The number of rotatable bonds is 5. The van der Waals surface area contributed by atoms with Crippen molar-refractivity contribution in [2.45, 2.75) is 0 Å². The van der Waals surface area contributed by atoms with E-state index >= 15 is 0 Å². The molecule has 0 aliphatic rings. The largest absolute Gasteiger partial charge is 0.456 e. The van der Waals surface area contributed by atoms with Crippen LogP contribution >= 0.6 is 11.3 Å². The van der Waals surface area contributed by atoms with Crippen LogP contribution in [0.25, 0.3) is 75.1 Å². The summed E-state index contributed by atoms with van der Waals surface area (Å²) in [5.74, 6) is 0. The number of hydrogen-bond donors (Lipinski definition) is 0. The average Bonchev–Trinajstić information content (AvgIpc) is 3.74. The molecule has 0 amide bonds. The zero-order valence-corrected chi connectivity index (χ0v) is 27.3. The molecule has 0 radical (unpaired) electrons. The van der Waals surface area contributed by atoms with E-state index in [-0.39, 0.29) is 0 Å². The second-order valence-electron chi connectivity index (χ2n) is 12.5. The highest BCUT2D eigenvalue weighted by atomic mass is 32.1. The molecule has 0 saturated carbocycles. The molecule has 49 heavy (non-hydrogen) atoms. The van der Waals surface area contributed by atoms with Gasteiger partial charge in [0, 0.05) is 42.3 Å². The molecular formula is C46H29NOS. The standard InChI is InChI=1S/C46H29NOS/c1-2-14-36-31(10-1)11-8-17-37(36)33-12-7-13-35(28-33)47(41-18-9-21-45-46(41)40-16-4-6-20-44(40)49-45)34-25-22-30(23-26-34)32-24-27-39-38-15-3-5-19-42(38)48-43(39)29-32/h1-29H. The summed E-state index contributed by atoms with van der Waals surface area (Å²) in [4.78, 5) is 2.42. The number of fused-ring (bicyclic) bond motifs is 7. The molecule has 2 nitrogen and oxygen atoms in total. The first kappa shape index (κ1) is 27.9. The molecule has 0 unspecified atom stereocenters. The van der Waals surface area contributed by atoms with E-state index in [9.17, 15) is 0 Å². The van der Waals surface area contributed by atoms with E-state index in [0.717, 1.165) is 44.4 Å². The lowest BCUT2D eigenvalue weighted by Gasteiger charge is -2.27. The van der Waals surface area contributed by atoms with E-state index < -0.39 is 0 Å². The molecule has 3 heteroatoms. The van der Waals surface area contributed by atoms with Gasteiger partial charge < -0.3 is 9.32 Å². The lowest BCUT2D eigenvalue weighted by Crippen LogP contribution is -2.10. The van der Waals surface area contributed by atoms with Crippen LogP contribution in [0.4, 0.5) is 17.1 Å². The summed E-state index contributed by atoms with van der Waals surface area (Å²) in [6, 6.07) is 63.3. The summed E-state index contributed by atoms with van der Waals surface area (Å²) >= 11 is 1.85. The van der Waals surface area contributed by atoms with Crippen LogP contribution in [-0.4, -0.2) is 0 Å². The van der Waals surface area contributed by atoms with Crippen LogP contribution in [0, 0.1) is 0 Å². The van der Waals surface area contributed by atoms with Gasteiger partial charge in [-0.15, -0.1) is 11.3 Å². The molecule has 0 bridgehead atoms. The topological polar surface area (TPSA) is 16.4 Å². The predicted molar refractivity (Wildman–Crippen MR) is 210 cm³/mol. The van der Waals surface area contributed by atoms with E-state index in [4.69, 9.17) is 4.42 Å². The first-order valence-electron chi connectivity index (χ1n) is 16.6. The highest BCUT2D eigenvalue weighted by Gasteiger charge is 2.19. The Labute approximate surface area is 287 Å². The monoisotopic (exact) mass is 643 g/mol. The van der Waals surface area contributed by atoms with Gasteiger partial charge in [-0.25, -0.2) is 0 Å². The Kier molecular flexibility index (Phi) is 6.39. The van der Waals surface area contributed by atoms with Crippen LogP contribution in [0.3, 0.4) is 0 Å². The zero-order valence-electron chi connectivity index (χ0n) is 26.5. The number of thiophene rings is 1. The molecule has 0 fully saturated rings. The van der Waals surface area contributed by atoms with Crippen LogP contribution in [-0.2, 0) is 0 Å². The van der Waals surface area contributed by atoms with Crippen LogP contribution in [0.15, 0.2) is 180 Å². The normalized spacial score (nSPS) is 11.7. The Morgan fingerprint density at radius 1 is 0.408 bits per heavy atom. The van der Waals surface area contributed by atoms with Crippen molar-refractivity contribution in [3.05, 3.63) is 176 Å². The van der Waals surface area contributed by atoms with Crippen molar-refractivity contribution in [3.63, 3.8) is 0 Å². The van der Waals surface area contributed by atoms with Gasteiger partial charge in [-0.1, -0.05) is 115 Å². The van der Waals surface area contributed by atoms with Crippen molar-refractivity contribution < 1.29 is 4.42 Å². The Morgan fingerprint density at radius 2 is 1.10 bits per heavy atom. The van der Waals surface area contributed by atoms with Crippen molar-refractivity contribution in [2.75, 3.05) is 4.90 Å². The summed E-state index contributed by atoms with van der Waals surface area (Å²) in [7, 11) is 0. The summed E-state index contributed by atoms with van der Waals surface area (Å²) in [6.45, 7) is 0. The first-order chi connectivity index (χ1) is 24.3. The smallest absolute Gasteiger partial charge is 0.136 e. The molecule has 2 heterocycles. The minimum Gasteiger partial charge on any atom is -0.456 e. The van der Waals surface area contributed by atoms with Gasteiger partial charge in [-0.05, 0) is 93.7 Å². The Bertz CT molecular complexity index is 2840. The van der Waals surface area contributed by atoms with Crippen molar-refractivity contribution in [3.8, 4) is 22.3 Å². The predicted octanol–water partition coefficient (Wildman–Crippen LogP) is 13.9. The van der Waals surface area contributed by atoms with E-state index in [2.05, 4.69) is 169 Å². The second-order valence-corrected chi connectivity index (χ2v) is 13.6. The first-order valence-corrected chi connectivity index (χ1v) is 17.4. The summed E-state index contributed by atoms with van der Waals surface area (Å²) in [5.41, 5.74) is 9.92. The van der Waals surface area contributed by atoms with Gasteiger partial charge in [0.2, 0.25) is 0 Å². The lowest BCUT2D eigenvalue weighted by atomic mass is 9.97. The molecule has 2 aromatic heterocycles. The molecule has 0 aliphatic heterocycles. The highest BCUT2D eigenvalue weighted by Crippen LogP contribution is 2.46. The van der Waals surface area contributed by atoms with Crippen molar-refractivity contribution in [1.82, 2.24) is 0 Å². The lowest BCUT2D eigenvalue weighted by molar-refractivity contribution is 0.669. The second kappa shape index (κ2) is 11.2.